The minimum absolute atomic E-state index is 0.0243. The quantitative estimate of drug-likeness (QED) is 0.881. The largest absolute Gasteiger partial charge is 0.412 e. The standard InChI is InChI=1S/C13H15N3O2/c1-13(2,3)14-10(17)12-16-15-11(18-12)9-7-5-4-6-8-9/h4-8H,1-3H3,(H,14,17). The molecule has 2 aromatic rings. The number of nitrogens with zero attached hydrogens (tertiary/aromatic N) is 2. The third-order valence-electron chi connectivity index (χ3n) is 2.13. The Labute approximate surface area is 105 Å². The zero-order chi connectivity index (χ0) is 13.2. The molecular formula is C13H15N3O2. The number of amides is 1. The fourth-order valence-corrected chi connectivity index (χ4v) is 1.41. The highest BCUT2D eigenvalue weighted by Crippen LogP contribution is 2.17. The lowest BCUT2D eigenvalue weighted by molar-refractivity contribution is 0.0884. The summed E-state index contributed by atoms with van der Waals surface area (Å²) < 4.78 is 5.34. The van der Waals surface area contributed by atoms with E-state index in [-0.39, 0.29) is 17.3 Å². The normalized spacial score (nSPS) is 11.3. The highest BCUT2D eigenvalue weighted by molar-refractivity contribution is 5.90. The number of benzene rings is 1. The van der Waals surface area contributed by atoms with Gasteiger partial charge in [0.2, 0.25) is 5.89 Å². The van der Waals surface area contributed by atoms with E-state index >= 15 is 0 Å². The monoisotopic (exact) mass is 245 g/mol. The molecule has 5 nitrogen and oxygen atoms in total. The minimum Gasteiger partial charge on any atom is -0.412 e. The summed E-state index contributed by atoms with van der Waals surface area (Å²) >= 11 is 0. The molecule has 0 spiro atoms. The van der Waals surface area contributed by atoms with Crippen LogP contribution in [-0.2, 0) is 0 Å². The Balaban J connectivity index is 2.19. The van der Waals surface area contributed by atoms with Gasteiger partial charge in [0.15, 0.2) is 0 Å². The fraction of sp³-hybridized carbons (Fsp3) is 0.308. The lowest BCUT2D eigenvalue weighted by atomic mass is 10.1. The first-order chi connectivity index (χ1) is 8.46. The molecular weight excluding hydrogens is 230 g/mol. The van der Waals surface area contributed by atoms with Crippen LogP contribution in [0.15, 0.2) is 34.7 Å². The van der Waals surface area contributed by atoms with Gasteiger partial charge in [-0.05, 0) is 32.9 Å². The Morgan fingerprint density at radius 3 is 2.44 bits per heavy atom. The van der Waals surface area contributed by atoms with E-state index in [0.717, 1.165) is 5.56 Å². The molecule has 1 amide bonds. The van der Waals surface area contributed by atoms with Gasteiger partial charge in [-0.3, -0.25) is 4.79 Å². The predicted octanol–water partition coefficient (Wildman–Crippen LogP) is 2.26. The van der Waals surface area contributed by atoms with Crippen molar-refractivity contribution in [2.45, 2.75) is 26.3 Å². The van der Waals surface area contributed by atoms with Gasteiger partial charge in [0.25, 0.3) is 0 Å². The second-order valence-corrected chi connectivity index (χ2v) is 4.98. The summed E-state index contributed by atoms with van der Waals surface area (Å²) in [6.07, 6.45) is 0. The number of rotatable bonds is 2. The second kappa shape index (κ2) is 4.60. The van der Waals surface area contributed by atoms with Crippen LogP contribution < -0.4 is 5.32 Å². The van der Waals surface area contributed by atoms with Gasteiger partial charge in [0, 0.05) is 11.1 Å². The summed E-state index contributed by atoms with van der Waals surface area (Å²) in [5, 5.41) is 10.4. The number of nitrogens with one attached hydrogen (secondary N) is 1. The first-order valence-electron chi connectivity index (χ1n) is 5.67. The topological polar surface area (TPSA) is 68.0 Å². The third kappa shape index (κ3) is 2.94. The Morgan fingerprint density at radius 2 is 1.83 bits per heavy atom. The summed E-state index contributed by atoms with van der Waals surface area (Å²) in [5.74, 6) is -0.0457. The van der Waals surface area contributed by atoms with E-state index in [1.807, 2.05) is 51.1 Å². The van der Waals surface area contributed by atoms with E-state index in [4.69, 9.17) is 4.42 Å². The van der Waals surface area contributed by atoms with Gasteiger partial charge in [-0.2, -0.15) is 0 Å². The van der Waals surface area contributed by atoms with E-state index in [1.54, 1.807) is 0 Å². The summed E-state index contributed by atoms with van der Waals surface area (Å²) in [6.45, 7) is 5.66. The number of carbonyl (C=O) groups excluding carboxylic acids is 1. The van der Waals surface area contributed by atoms with Crippen LogP contribution in [-0.4, -0.2) is 21.6 Å². The molecule has 18 heavy (non-hydrogen) atoms. The molecule has 0 aliphatic heterocycles. The van der Waals surface area contributed by atoms with Crippen molar-refractivity contribution in [1.82, 2.24) is 15.5 Å². The molecule has 1 aromatic heterocycles. The Morgan fingerprint density at radius 1 is 1.17 bits per heavy atom. The average Bonchev–Trinajstić information content (AvgIpc) is 2.77. The molecule has 0 unspecified atom stereocenters. The van der Waals surface area contributed by atoms with Crippen molar-refractivity contribution in [2.75, 3.05) is 0 Å². The molecule has 0 saturated carbocycles. The van der Waals surface area contributed by atoms with E-state index in [0.29, 0.717) is 5.89 Å². The Bertz CT molecular complexity index is 541. The summed E-state index contributed by atoms with van der Waals surface area (Å²) in [4.78, 5) is 11.8. The lowest BCUT2D eigenvalue weighted by Crippen LogP contribution is -2.40. The van der Waals surface area contributed by atoms with Crippen LogP contribution in [0, 0.1) is 0 Å². The molecule has 0 aliphatic rings. The molecule has 1 N–H and O–H groups in total. The second-order valence-electron chi connectivity index (χ2n) is 4.98. The van der Waals surface area contributed by atoms with Crippen molar-refractivity contribution in [2.24, 2.45) is 0 Å². The van der Waals surface area contributed by atoms with Crippen LogP contribution >= 0.6 is 0 Å². The van der Waals surface area contributed by atoms with Gasteiger partial charge in [-0.1, -0.05) is 18.2 Å². The van der Waals surface area contributed by atoms with Crippen molar-refractivity contribution in [3.8, 4) is 11.5 Å². The molecule has 0 atom stereocenters. The zero-order valence-electron chi connectivity index (χ0n) is 10.6. The number of aromatic nitrogens is 2. The predicted molar refractivity (Wildman–Crippen MR) is 67.0 cm³/mol. The van der Waals surface area contributed by atoms with Crippen LogP contribution in [0.4, 0.5) is 0 Å². The van der Waals surface area contributed by atoms with Gasteiger partial charge in [0.1, 0.15) is 0 Å². The van der Waals surface area contributed by atoms with Crippen molar-refractivity contribution < 1.29 is 9.21 Å². The first-order valence-corrected chi connectivity index (χ1v) is 5.67. The first kappa shape index (κ1) is 12.3. The maximum absolute atomic E-state index is 11.8. The molecule has 94 valence electrons. The van der Waals surface area contributed by atoms with Crippen molar-refractivity contribution >= 4 is 5.91 Å². The fourth-order valence-electron chi connectivity index (χ4n) is 1.41. The molecule has 0 aliphatic carbocycles. The van der Waals surface area contributed by atoms with Crippen molar-refractivity contribution in [3.05, 3.63) is 36.2 Å². The number of carbonyl (C=O) groups is 1. The van der Waals surface area contributed by atoms with Gasteiger partial charge < -0.3 is 9.73 Å². The van der Waals surface area contributed by atoms with Crippen molar-refractivity contribution in [3.63, 3.8) is 0 Å². The Kier molecular flexibility index (Phi) is 3.14. The van der Waals surface area contributed by atoms with E-state index in [2.05, 4.69) is 15.5 Å². The summed E-state index contributed by atoms with van der Waals surface area (Å²) in [5.41, 5.74) is 0.457. The number of hydrogen-bond donors (Lipinski definition) is 1. The highest BCUT2D eigenvalue weighted by atomic mass is 16.4. The SMILES string of the molecule is CC(C)(C)NC(=O)c1nnc(-c2ccccc2)o1. The van der Waals surface area contributed by atoms with Crippen LogP contribution in [0.25, 0.3) is 11.5 Å². The molecule has 1 aromatic carbocycles. The molecule has 1 heterocycles. The van der Waals surface area contributed by atoms with Crippen LogP contribution in [0.3, 0.4) is 0 Å². The van der Waals surface area contributed by atoms with Gasteiger partial charge >= 0.3 is 11.8 Å². The van der Waals surface area contributed by atoms with E-state index in [9.17, 15) is 4.79 Å². The molecule has 2 rings (SSSR count). The lowest BCUT2D eigenvalue weighted by Gasteiger charge is -2.18. The highest BCUT2D eigenvalue weighted by Gasteiger charge is 2.20. The molecule has 0 fully saturated rings. The third-order valence-corrected chi connectivity index (χ3v) is 2.13. The molecule has 0 radical (unpaired) electrons. The summed E-state index contributed by atoms with van der Waals surface area (Å²) in [6, 6.07) is 9.33. The zero-order valence-corrected chi connectivity index (χ0v) is 10.6. The molecule has 0 saturated heterocycles. The maximum Gasteiger partial charge on any atom is 0.309 e. The van der Waals surface area contributed by atoms with E-state index < -0.39 is 0 Å². The van der Waals surface area contributed by atoms with Gasteiger partial charge in [0.05, 0.1) is 0 Å². The minimum atomic E-state index is -0.364. The van der Waals surface area contributed by atoms with Crippen LogP contribution in [0.5, 0.6) is 0 Å². The van der Waals surface area contributed by atoms with E-state index in [1.165, 1.54) is 0 Å². The molecule has 0 bridgehead atoms. The van der Waals surface area contributed by atoms with Crippen LogP contribution in [0.2, 0.25) is 0 Å². The van der Waals surface area contributed by atoms with Crippen molar-refractivity contribution in [1.29, 1.82) is 0 Å². The Hall–Kier alpha value is -2.17. The molecule has 5 heteroatoms. The number of hydrogen-bond acceptors (Lipinski definition) is 4. The maximum atomic E-state index is 11.8. The van der Waals surface area contributed by atoms with Crippen LogP contribution in [0.1, 0.15) is 31.5 Å². The van der Waals surface area contributed by atoms with Gasteiger partial charge in [-0.25, -0.2) is 0 Å². The average molecular weight is 245 g/mol. The van der Waals surface area contributed by atoms with Gasteiger partial charge in [-0.15, -0.1) is 10.2 Å². The summed E-state index contributed by atoms with van der Waals surface area (Å²) in [7, 11) is 0. The smallest absolute Gasteiger partial charge is 0.309 e.